The molecule has 0 aliphatic carbocycles. The molecule has 1 atom stereocenters. The number of amides is 1. The molecule has 1 amide bonds. The van der Waals surface area contributed by atoms with Crippen LogP contribution < -0.4 is 4.74 Å². The number of nitrogens with zero attached hydrogens (tertiary/aromatic N) is 1. The lowest BCUT2D eigenvalue weighted by Crippen LogP contribution is -2.32. The number of aliphatic hydroxyl groups excluding tert-OH is 1. The lowest BCUT2D eigenvalue weighted by molar-refractivity contribution is -0.129. The lowest BCUT2D eigenvalue weighted by atomic mass is 9.96. The number of aliphatic hydroxyl groups is 1. The van der Waals surface area contributed by atoms with Crippen LogP contribution >= 0.6 is 0 Å². The maximum Gasteiger partial charge on any atom is 0.290 e. The number of carbonyl (C=O) groups is 2. The third-order valence-corrected chi connectivity index (χ3v) is 3.95. The average Bonchev–Trinajstić information content (AvgIpc) is 2.80. The van der Waals surface area contributed by atoms with Gasteiger partial charge in [-0.2, -0.15) is 0 Å². The van der Waals surface area contributed by atoms with E-state index < -0.39 is 17.7 Å². The summed E-state index contributed by atoms with van der Waals surface area (Å²) in [6.07, 6.45) is 0.562. The fourth-order valence-electron chi connectivity index (χ4n) is 2.83. The number of ether oxygens (including phenoxy) is 2. The SMILES string of the molecule is COCCCN1C(=O)C(O)=C(C(C)=O)[C@@H]1c1ccc(O)c(OC)c1. The average molecular weight is 335 g/mol. The molecule has 1 aromatic carbocycles. The minimum atomic E-state index is -0.721. The van der Waals surface area contributed by atoms with E-state index in [1.807, 2.05) is 0 Å². The first-order valence-electron chi connectivity index (χ1n) is 7.53. The number of Topliss-reactive ketones (excluding diaryl/α,β-unsaturated/α-hetero) is 1. The number of rotatable bonds is 7. The van der Waals surface area contributed by atoms with E-state index in [9.17, 15) is 19.8 Å². The van der Waals surface area contributed by atoms with Gasteiger partial charge < -0.3 is 24.6 Å². The van der Waals surface area contributed by atoms with Crippen molar-refractivity contribution in [2.24, 2.45) is 0 Å². The van der Waals surface area contributed by atoms with Gasteiger partial charge in [0, 0.05) is 20.3 Å². The van der Waals surface area contributed by atoms with Gasteiger partial charge in [-0.1, -0.05) is 6.07 Å². The van der Waals surface area contributed by atoms with Crippen molar-refractivity contribution in [3.63, 3.8) is 0 Å². The standard InChI is InChI=1S/C17H21NO6/c1-10(19)14-15(11-5-6-12(20)13(9-11)24-3)18(7-4-8-23-2)17(22)16(14)21/h5-6,9,15,20-21H,4,7-8H2,1-3H3/t15-/m0/s1. The molecule has 0 bridgehead atoms. The molecule has 0 unspecified atom stereocenters. The maximum atomic E-state index is 12.4. The van der Waals surface area contributed by atoms with Crippen molar-refractivity contribution in [2.45, 2.75) is 19.4 Å². The van der Waals surface area contributed by atoms with Gasteiger partial charge in [0.2, 0.25) is 0 Å². The van der Waals surface area contributed by atoms with Gasteiger partial charge in [-0.05, 0) is 31.0 Å². The molecule has 1 aliphatic heterocycles. The van der Waals surface area contributed by atoms with Crippen LogP contribution in [0.5, 0.6) is 11.5 Å². The number of hydrogen-bond acceptors (Lipinski definition) is 6. The minimum Gasteiger partial charge on any atom is -0.504 e. The van der Waals surface area contributed by atoms with Gasteiger partial charge in [-0.15, -0.1) is 0 Å². The second kappa shape index (κ2) is 7.35. The van der Waals surface area contributed by atoms with E-state index >= 15 is 0 Å². The highest BCUT2D eigenvalue weighted by atomic mass is 16.5. The summed E-state index contributed by atoms with van der Waals surface area (Å²) >= 11 is 0. The lowest BCUT2D eigenvalue weighted by Gasteiger charge is -2.26. The molecule has 0 fully saturated rings. The number of phenols is 1. The Balaban J connectivity index is 2.46. The summed E-state index contributed by atoms with van der Waals surface area (Å²) in [6.45, 7) is 2.08. The summed E-state index contributed by atoms with van der Waals surface area (Å²) in [5, 5.41) is 19.9. The van der Waals surface area contributed by atoms with Crippen LogP contribution in [0.15, 0.2) is 29.5 Å². The summed E-state index contributed by atoms with van der Waals surface area (Å²) in [6, 6.07) is 3.86. The molecule has 0 saturated heterocycles. The summed E-state index contributed by atoms with van der Waals surface area (Å²) < 4.78 is 10.1. The van der Waals surface area contributed by atoms with E-state index in [2.05, 4.69) is 0 Å². The Morgan fingerprint density at radius 1 is 1.29 bits per heavy atom. The van der Waals surface area contributed by atoms with E-state index in [1.54, 1.807) is 19.2 Å². The summed E-state index contributed by atoms with van der Waals surface area (Å²) in [5.41, 5.74) is 0.620. The van der Waals surface area contributed by atoms with Gasteiger partial charge in [0.05, 0.1) is 18.7 Å². The summed E-state index contributed by atoms with van der Waals surface area (Å²) in [4.78, 5) is 25.8. The van der Waals surface area contributed by atoms with Gasteiger partial charge in [0.25, 0.3) is 5.91 Å². The Morgan fingerprint density at radius 3 is 2.58 bits per heavy atom. The minimum absolute atomic E-state index is 0.0464. The highest BCUT2D eigenvalue weighted by molar-refractivity contribution is 6.08. The van der Waals surface area contributed by atoms with Crippen molar-refractivity contribution in [3.8, 4) is 11.5 Å². The zero-order chi connectivity index (χ0) is 17.9. The maximum absolute atomic E-state index is 12.4. The Morgan fingerprint density at radius 2 is 2.00 bits per heavy atom. The van der Waals surface area contributed by atoms with E-state index in [1.165, 1.54) is 25.0 Å². The van der Waals surface area contributed by atoms with E-state index in [0.717, 1.165) is 0 Å². The molecule has 0 spiro atoms. The number of phenolic OH excluding ortho intramolecular Hbond substituents is 1. The molecule has 1 aliphatic rings. The van der Waals surface area contributed by atoms with Gasteiger partial charge >= 0.3 is 0 Å². The van der Waals surface area contributed by atoms with E-state index in [4.69, 9.17) is 9.47 Å². The van der Waals surface area contributed by atoms with Crippen LogP contribution in [-0.4, -0.2) is 54.2 Å². The molecule has 130 valence electrons. The summed E-state index contributed by atoms with van der Waals surface area (Å²) in [7, 11) is 2.97. The molecule has 2 N–H and O–H groups in total. The zero-order valence-electron chi connectivity index (χ0n) is 13.9. The molecule has 2 rings (SSSR count). The molecule has 24 heavy (non-hydrogen) atoms. The number of hydrogen-bond donors (Lipinski definition) is 2. The normalized spacial score (nSPS) is 17.5. The van der Waals surface area contributed by atoms with Crippen molar-refractivity contribution in [1.29, 1.82) is 0 Å². The first-order valence-corrected chi connectivity index (χ1v) is 7.53. The van der Waals surface area contributed by atoms with Crippen LogP contribution in [-0.2, 0) is 14.3 Å². The smallest absolute Gasteiger partial charge is 0.290 e. The number of aromatic hydroxyl groups is 1. The Hall–Kier alpha value is -2.54. The second-order valence-electron chi connectivity index (χ2n) is 5.50. The third-order valence-electron chi connectivity index (χ3n) is 3.95. The number of carbonyl (C=O) groups excluding carboxylic acids is 2. The Bertz CT molecular complexity index is 682. The van der Waals surface area contributed by atoms with Crippen LogP contribution in [0.1, 0.15) is 24.9 Å². The number of benzene rings is 1. The van der Waals surface area contributed by atoms with E-state index in [-0.39, 0.29) is 22.9 Å². The predicted octanol–water partition coefficient (Wildman–Crippen LogP) is 1.72. The van der Waals surface area contributed by atoms with Crippen molar-refractivity contribution >= 4 is 11.7 Å². The monoisotopic (exact) mass is 335 g/mol. The van der Waals surface area contributed by atoms with Crippen LogP contribution in [0.2, 0.25) is 0 Å². The van der Waals surface area contributed by atoms with Crippen LogP contribution in [0.25, 0.3) is 0 Å². The van der Waals surface area contributed by atoms with Gasteiger partial charge in [-0.25, -0.2) is 0 Å². The Labute approximate surface area is 140 Å². The van der Waals surface area contributed by atoms with Crippen molar-refractivity contribution in [3.05, 3.63) is 35.1 Å². The molecule has 7 nitrogen and oxygen atoms in total. The zero-order valence-corrected chi connectivity index (χ0v) is 13.9. The van der Waals surface area contributed by atoms with Gasteiger partial charge in [0.15, 0.2) is 23.0 Å². The molecule has 1 aromatic rings. The fraction of sp³-hybridized carbons (Fsp3) is 0.412. The topological polar surface area (TPSA) is 96.3 Å². The van der Waals surface area contributed by atoms with Crippen LogP contribution in [0, 0.1) is 0 Å². The predicted molar refractivity (Wildman–Crippen MR) is 85.9 cm³/mol. The van der Waals surface area contributed by atoms with Gasteiger partial charge in [-0.3, -0.25) is 9.59 Å². The van der Waals surface area contributed by atoms with E-state index in [0.29, 0.717) is 25.1 Å². The van der Waals surface area contributed by atoms with Gasteiger partial charge in [0.1, 0.15) is 0 Å². The molecule has 7 heteroatoms. The first-order chi connectivity index (χ1) is 11.4. The van der Waals surface area contributed by atoms with Crippen molar-refractivity contribution < 1.29 is 29.3 Å². The van der Waals surface area contributed by atoms with Crippen LogP contribution in [0.3, 0.4) is 0 Å². The molecule has 0 saturated carbocycles. The first kappa shape index (κ1) is 17.8. The Kier molecular flexibility index (Phi) is 5.46. The molecule has 1 heterocycles. The molecule has 0 radical (unpaired) electrons. The third kappa shape index (κ3) is 3.21. The fourth-order valence-corrected chi connectivity index (χ4v) is 2.83. The largest absolute Gasteiger partial charge is 0.504 e. The highest BCUT2D eigenvalue weighted by Gasteiger charge is 2.42. The number of ketones is 1. The molecule has 0 aromatic heterocycles. The summed E-state index contributed by atoms with van der Waals surface area (Å²) in [5.74, 6) is -1.32. The van der Waals surface area contributed by atoms with Crippen molar-refractivity contribution in [2.75, 3.05) is 27.4 Å². The molecular weight excluding hydrogens is 314 g/mol. The van der Waals surface area contributed by atoms with Crippen LogP contribution in [0.4, 0.5) is 0 Å². The number of methoxy groups -OCH3 is 2. The van der Waals surface area contributed by atoms with Crippen molar-refractivity contribution in [1.82, 2.24) is 4.90 Å². The highest BCUT2D eigenvalue weighted by Crippen LogP contribution is 2.40. The molecular formula is C17H21NO6. The second-order valence-corrected chi connectivity index (χ2v) is 5.50. The quantitative estimate of drug-likeness (QED) is 0.737.